The number of halogens is 1. The SMILES string of the molecule is CCn1c(CSc2ccc(C)cc2)nnc1SCc1ccc(F)cc1. The standard InChI is InChI=1S/C19H20FN3S2/c1-3-23-18(13-24-17-10-4-14(2)5-11-17)21-22-19(23)25-12-15-6-8-16(20)9-7-15/h4-11H,3,12-13H2,1-2H3. The van der Waals surface area contributed by atoms with E-state index in [1.807, 2.05) is 12.1 Å². The number of benzene rings is 2. The van der Waals surface area contributed by atoms with Gasteiger partial charge in [0, 0.05) is 17.2 Å². The molecule has 3 aromatic rings. The minimum Gasteiger partial charge on any atom is -0.306 e. The number of aryl methyl sites for hydroxylation is 1. The van der Waals surface area contributed by atoms with E-state index in [1.54, 1.807) is 23.5 Å². The second-order valence-electron chi connectivity index (χ2n) is 5.66. The maximum atomic E-state index is 13.0. The molecule has 0 aliphatic carbocycles. The molecule has 6 heteroatoms. The Morgan fingerprint density at radius 3 is 2.32 bits per heavy atom. The zero-order valence-corrected chi connectivity index (χ0v) is 15.9. The molecule has 3 nitrogen and oxygen atoms in total. The topological polar surface area (TPSA) is 30.7 Å². The van der Waals surface area contributed by atoms with E-state index in [4.69, 9.17) is 0 Å². The third-order valence-electron chi connectivity index (χ3n) is 3.78. The lowest BCUT2D eigenvalue weighted by Gasteiger charge is -2.07. The molecular weight excluding hydrogens is 353 g/mol. The van der Waals surface area contributed by atoms with E-state index in [1.165, 1.54) is 22.6 Å². The van der Waals surface area contributed by atoms with Crippen LogP contribution in [0.4, 0.5) is 4.39 Å². The Hall–Kier alpha value is -1.79. The van der Waals surface area contributed by atoms with Gasteiger partial charge in [0.1, 0.15) is 11.6 Å². The average Bonchev–Trinajstić information content (AvgIpc) is 3.02. The van der Waals surface area contributed by atoms with Gasteiger partial charge in [0.25, 0.3) is 0 Å². The average molecular weight is 374 g/mol. The summed E-state index contributed by atoms with van der Waals surface area (Å²) in [6.07, 6.45) is 0. The molecule has 0 bridgehead atoms. The van der Waals surface area contributed by atoms with Crippen molar-refractivity contribution in [2.45, 2.75) is 41.9 Å². The number of rotatable bonds is 7. The van der Waals surface area contributed by atoms with Gasteiger partial charge in [-0.25, -0.2) is 4.39 Å². The molecule has 0 amide bonds. The van der Waals surface area contributed by atoms with Gasteiger partial charge in [-0.2, -0.15) is 0 Å². The first-order chi connectivity index (χ1) is 12.2. The summed E-state index contributed by atoms with van der Waals surface area (Å²) in [4.78, 5) is 1.23. The van der Waals surface area contributed by atoms with Crippen molar-refractivity contribution in [2.75, 3.05) is 0 Å². The molecule has 0 aliphatic heterocycles. The summed E-state index contributed by atoms with van der Waals surface area (Å²) < 4.78 is 15.1. The number of nitrogens with zero attached hydrogens (tertiary/aromatic N) is 3. The lowest BCUT2D eigenvalue weighted by Crippen LogP contribution is -2.02. The largest absolute Gasteiger partial charge is 0.306 e. The smallest absolute Gasteiger partial charge is 0.191 e. The zero-order chi connectivity index (χ0) is 17.6. The molecule has 0 atom stereocenters. The van der Waals surface area contributed by atoms with Crippen LogP contribution in [0.15, 0.2) is 58.6 Å². The molecule has 0 N–H and O–H groups in total. The minimum absolute atomic E-state index is 0.208. The quantitative estimate of drug-likeness (QED) is 0.524. The van der Waals surface area contributed by atoms with Crippen molar-refractivity contribution in [2.24, 2.45) is 0 Å². The maximum Gasteiger partial charge on any atom is 0.191 e. The van der Waals surface area contributed by atoms with Crippen LogP contribution < -0.4 is 0 Å². The normalized spacial score (nSPS) is 11.0. The Morgan fingerprint density at radius 2 is 1.64 bits per heavy atom. The van der Waals surface area contributed by atoms with Gasteiger partial charge in [-0.1, -0.05) is 41.6 Å². The van der Waals surface area contributed by atoms with Crippen LogP contribution >= 0.6 is 23.5 Å². The monoisotopic (exact) mass is 373 g/mol. The first-order valence-electron chi connectivity index (χ1n) is 8.14. The first kappa shape index (κ1) is 18.0. The van der Waals surface area contributed by atoms with E-state index in [9.17, 15) is 4.39 Å². The molecule has 0 unspecified atom stereocenters. The summed E-state index contributed by atoms with van der Waals surface area (Å²) in [5.74, 6) is 2.32. The Kier molecular flexibility index (Phi) is 6.15. The van der Waals surface area contributed by atoms with Gasteiger partial charge >= 0.3 is 0 Å². The van der Waals surface area contributed by atoms with Crippen LogP contribution in [0.5, 0.6) is 0 Å². The van der Waals surface area contributed by atoms with E-state index in [0.29, 0.717) is 0 Å². The van der Waals surface area contributed by atoms with Crippen molar-refractivity contribution in [3.8, 4) is 0 Å². The summed E-state index contributed by atoms with van der Waals surface area (Å²) >= 11 is 3.40. The van der Waals surface area contributed by atoms with Crippen LogP contribution in [0.25, 0.3) is 0 Å². The predicted octanol–water partition coefficient (Wildman–Crippen LogP) is 5.33. The third kappa shape index (κ3) is 4.86. The Labute approximate surface area is 156 Å². The zero-order valence-electron chi connectivity index (χ0n) is 14.3. The second-order valence-corrected chi connectivity index (χ2v) is 7.65. The summed E-state index contributed by atoms with van der Waals surface area (Å²) in [5.41, 5.74) is 2.34. The molecule has 0 saturated heterocycles. The lowest BCUT2D eigenvalue weighted by atomic mass is 10.2. The van der Waals surface area contributed by atoms with Crippen molar-refractivity contribution in [1.29, 1.82) is 0 Å². The molecule has 25 heavy (non-hydrogen) atoms. The van der Waals surface area contributed by atoms with Crippen LogP contribution in [-0.2, 0) is 18.1 Å². The van der Waals surface area contributed by atoms with E-state index in [2.05, 4.69) is 52.9 Å². The van der Waals surface area contributed by atoms with Gasteiger partial charge in [-0.3, -0.25) is 0 Å². The fourth-order valence-corrected chi connectivity index (χ4v) is 4.18. The van der Waals surface area contributed by atoms with Gasteiger partial charge in [-0.05, 0) is 43.7 Å². The summed E-state index contributed by atoms with van der Waals surface area (Å²) in [6.45, 7) is 5.03. The number of hydrogen-bond donors (Lipinski definition) is 0. The van der Waals surface area contributed by atoms with E-state index in [0.717, 1.165) is 34.6 Å². The molecule has 0 radical (unpaired) electrons. The molecule has 1 heterocycles. The van der Waals surface area contributed by atoms with Crippen molar-refractivity contribution in [1.82, 2.24) is 14.8 Å². The van der Waals surface area contributed by atoms with Gasteiger partial charge in [0.2, 0.25) is 0 Å². The highest BCUT2D eigenvalue weighted by Crippen LogP contribution is 2.26. The Balaban J connectivity index is 1.63. The molecule has 2 aromatic carbocycles. The van der Waals surface area contributed by atoms with E-state index >= 15 is 0 Å². The molecule has 130 valence electrons. The highest BCUT2D eigenvalue weighted by atomic mass is 32.2. The van der Waals surface area contributed by atoms with Crippen molar-refractivity contribution in [3.63, 3.8) is 0 Å². The fourth-order valence-electron chi connectivity index (χ4n) is 2.36. The van der Waals surface area contributed by atoms with Crippen molar-refractivity contribution in [3.05, 3.63) is 71.3 Å². The van der Waals surface area contributed by atoms with Crippen LogP contribution in [-0.4, -0.2) is 14.8 Å². The third-order valence-corrected chi connectivity index (χ3v) is 5.83. The summed E-state index contributed by atoms with van der Waals surface area (Å²) in [7, 11) is 0. The van der Waals surface area contributed by atoms with Crippen molar-refractivity contribution >= 4 is 23.5 Å². The number of thioether (sulfide) groups is 2. The molecule has 0 aliphatic rings. The molecular formula is C19H20FN3S2. The van der Waals surface area contributed by atoms with Gasteiger partial charge in [0.15, 0.2) is 5.16 Å². The number of aromatic nitrogens is 3. The van der Waals surface area contributed by atoms with Gasteiger partial charge < -0.3 is 4.57 Å². The molecule has 1 aromatic heterocycles. The van der Waals surface area contributed by atoms with Crippen LogP contribution in [0, 0.1) is 12.7 Å². The van der Waals surface area contributed by atoms with Crippen molar-refractivity contribution < 1.29 is 4.39 Å². The van der Waals surface area contributed by atoms with Crippen LogP contribution in [0.2, 0.25) is 0 Å². The second kappa shape index (κ2) is 8.54. The Bertz CT molecular complexity index is 747. The highest BCUT2D eigenvalue weighted by molar-refractivity contribution is 7.98. The van der Waals surface area contributed by atoms with E-state index < -0.39 is 0 Å². The van der Waals surface area contributed by atoms with Crippen LogP contribution in [0.3, 0.4) is 0 Å². The molecule has 0 spiro atoms. The lowest BCUT2D eigenvalue weighted by molar-refractivity contribution is 0.627. The van der Waals surface area contributed by atoms with Crippen LogP contribution in [0.1, 0.15) is 23.9 Å². The van der Waals surface area contributed by atoms with Gasteiger partial charge in [-0.15, -0.1) is 22.0 Å². The number of hydrogen-bond acceptors (Lipinski definition) is 4. The summed E-state index contributed by atoms with van der Waals surface area (Å²) in [5, 5.41) is 9.60. The predicted molar refractivity (Wildman–Crippen MR) is 102 cm³/mol. The first-order valence-corrected chi connectivity index (χ1v) is 10.1. The molecule has 0 fully saturated rings. The van der Waals surface area contributed by atoms with E-state index in [-0.39, 0.29) is 5.82 Å². The highest BCUT2D eigenvalue weighted by Gasteiger charge is 2.12. The maximum absolute atomic E-state index is 13.0. The minimum atomic E-state index is -0.208. The fraction of sp³-hybridized carbons (Fsp3) is 0.263. The summed E-state index contributed by atoms with van der Waals surface area (Å²) in [6, 6.07) is 15.1. The van der Waals surface area contributed by atoms with Gasteiger partial charge in [0.05, 0.1) is 5.75 Å². The Morgan fingerprint density at radius 1 is 0.920 bits per heavy atom. The molecule has 0 saturated carbocycles. The molecule has 3 rings (SSSR count).